The number of hydrogen-bond donors (Lipinski definition) is 3. The van der Waals surface area contributed by atoms with Gasteiger partial charge in [0.05, 0.1) is 17.3 Å². The number of nitrogens with zero attached hydrogens (tertiary/aromatic N) is 3. The highest BCUT2D eigenvalue weighted by atomic mass is 16.2. The number of carbonyl (C=O) groups excluding carboxylic acids is 3. The van der Waals surface area contributed by atoms with Crippen LogP contribution < -0.4 is 16.0 Å². The standard InChI is InChI=1S/C23H26N6O3/c1-14(2)13-18(21-28-27-19-9-5-6-12-29(19)21)24-20(30)11-10-17-23(32)25-16-8-4-3-7-15(16)22(31)26-17/h3-9,12,14,17-18H,10-11,13H2,1-2H3,(H,24,30)(H,25,32)(H,26,31)/t17-,18-/m1/s1. The molecule has 0 fully saturated rings. The molecular formula is C23H26N6O3. The summed E-state index contributed by atoms with van der Waals surface area (Å²) in [4.78, 5) is 37.8. The van der Waals surface area contributed by atoms with Crippen molar-refractivity contribution in [1.29, 1.82) is 0 Å². The van der Waals surface area contributed by atoms with Crippen molar-refractivity contribution < 1.29 is 14.4 Å². The van der Waals surface area contributed by atoms with E-state index in [4.69, 9.17) is 0 Å². The van der Waals surface area contributed by atoms with Crippen LogP contribution in [0.15, 0.2) is 48.7 Å². The molecule has 0 radical (unpaired) electrons. The van der Waals surface area contributed by atoms with Crippen LogP contribution in [-0.4, -0.2) is 38.4 Å². The van der Waals surface area contributed by atoms with Crippen LogP contribution in [0.2, 0.25) is 0 Å². The summed E-state index contributed by atoms with van der Waals surface area (Å²) in [5.41, 5.74) is 1.59. The first kappa shape index (κ1) is 21.5. The lowest BCUT2D eigenvalue weighted by atomic mass is 10.0. The van der Waals surface area contributed by atoms with E-state index < -0.39 is 6.04 Å². The molecule has 1 aliphatic rings. The predicted molar refractivity (Wildman–Crippen MR) is 119 cm³/mol. The Balaban J connectivity index is 1.43. The van der Waals surface area contributed by atoms with E-state index in [1.165, 1.54) is 0 Å². The van der Waals surface area contributed by atoms with E-state index in [1.807, 2.05) is 28.8 Å². The highest BCUT2D eigenvalue weighted by Crippen LogP contribution is 2.22. The Labute approximate surface area is 185 Å². The highest BCUT2D eigenvalue weighted by Gasteiger charge is 2.28. The average molecular weight is 435 g/mol. The first-order valence-electron chi connectivity index (χ1n) is 10.7. The van der Waals surface area contributed by atoms with Crippen LogP contribution >= 0.6 is 0 Å². The second kappa shape index (κ2) is 9.17. The van der Waals surface area contributed by atoms with Gasteiger partial charge >= 0.3 is 0 Å². The minimum absolute atomic E-state index is 0.0834. The fourth-order valence-corrected chi connectivity index (χ4v) is 3.85. The van der Waals surface area contributed by atoms with Crippen LogP contribution in [0, 0.1) is 5.92 Å². The minimum Gasteiger partial charge on any atom is -0.346 e. The number of benzene rings is 1. The second-order valence-electron chi connectivity index (χ2n) is 8.34. The molecule has 0 bridgehead atoms. The van der Waals surface area contributed by atoms with Gasteiger partial charge < -0.3 is 16.0 Å². The molecule has 166 valence electrons. The van der Waals surface area contributed by atoms with E-state index in [9.17, 15) is 14.4 Å². The molecule has 2 atom stereocenters. The van der Waals surface area contributed by atoms with Crippen molar-refractivity contribution >= 4 is 29.1 Å². The van der Waals surface area contributed by atoms with E-state index in [0.29, 0.717) is 35.1 Å². The Morgan fingerprint density at radius 3 is 2.72 bits per heavy atom. The van der Waals surface area contributed by atoms with E-state index in [0.717, 1.165) is 0 Å². The molecule has 2 aromatic heterocycles. The maximum atomic E-state index is 12.8. The molecule has 3 amide bonds. The van der Waals surface area contributed by atoms with E-state index in [-0.39, 0.29) is 36.6 Å². The summed E-state index contributed by atoms with van der Waals surface area (Å²) in [7, 11) is 0. The maximum Gasteiger partial charge on any atom is 0.254 e. The lowest BCUT2D eigenvalue weighted by molar-refractivity contribution is -0.122. The van der Waals surface area contributed by atoms with Gasteiger partial charge in [-0.25, -0.2) is 0 Å². The predicted octanol–water partition coefficient (Wildman–Crippen LogP) is 2.46. The summed E-state index contributed by atoms with van der Waals surface area (Å²) in [5, 5.41) is 17.0. The first-order chi connectivity index (χ1) is 15.4. The number of aromatic nitrogens is 3. The smallest absolute Gasteiger partial charge is 0.254 e. The summed E-state index contributed by atoms with van der Waals surface area (Å²) in [6.07, 6.45) is 2.83. The van der Waals surface area contributed by atoms with Gasteiger partial charge in [-0.05, 0) is 43.0 Å². The van der Waals surface area contributed by atoms with Crippen LogP contribution in [0.1, 0.15) is 55.3 Å². The number of amides is 3. The highest BCUT2D eigenvalue weighted by molar-refractivity contribution is 6.09. The van der Waals surface area contributed by atoms with E-state index >= 15 is 0 Å². The number of anilines is 1. The zero-order valence-electron chi connectivity index (χ0n) is 18.0. The zero-order chi connectivity index (χ0) is 22.7. The molecule has 0 saturated carbocycles. The second-order valence-corrected chi connectivity index (χ2v) is 8.34. The molecule has 4 rings (SSSR count). The van der Waals surface area contributed by atoms with E-state index in [2.05, 4.69) is 40.0 Å². The number of rotatable bonds is 7. The zero-order valence-corrected chi connectivity index (χ0v) is 18.0. The van der Waals surface area contributed by atoms with Crippen LogP contribution in [0.3, 0.4) is 0 Å². The topological polar surface area (TPSA) is 117 Å². The largest absolute Gasteiger partial charge is 0.346 e. The molecule has 0 aliphatic carbocycles. The lowest BCUT2D eigenvalue weighted by Gasteiger charge is -2.20. The van der Waals surface area contributed by atoms with Gasteiger partial charge in [0, 0.05) is 12.6 Å². The average Bonchev–Trinajstić information content (AvgIpc) is 3.15. The van der Waals surface area contributed by atoms with Crippen molar-refractivity contribution in [3.05, 3.63) is 60.0 Å². The van der Waals surface area contributed by atoms with Gasteiger partial charge in [-0.3, -0.25) is 18.8 Å². The monoisotopic (exact) mass is 434 g/mol. The Kier molecular flexibility index (Phi) is 6.16. The van der Waals surface area contributed by atoms with Crippen molar-refractivity contribution in [1.82, 2.24) is 25.2 Å². The summed E-state index contributed by atoms with van der Waals surface area (Å²) in [5.74, 6) is 0.0998. The molecule has 0 saturated heterocycles. The quantitative estimate of drug-likeness (QED) is 0.528. The molecule has 1 aliphatic heterocycles. The Morgan fingerprint density at radius 1 is 1.12 bits per heavy atom. The molecule has 0 spiro atoms. The molecule has 0 unspecified atom stereocenters. The van der Waals surface area contributed by atoms with Gasteiger partial charge in [0.15, 0.2) is 11.5 Å². The third-order valence-electron chi connectivity index (χ3n) is 5.41. The maximum absolute atomic E-state index is 12.8. The van der Waals surface area contributed by atoms with Crippen LogP contribution in [0.4, 0.5) is 5.69 Å². The molecule has 3 N–H and O–H groups in total. The van der Waals surface area contributed by atoms with Crippen molar-refractivity contribution in [2.24, 2.45) is 5.92 Å². The first-order valence-corrected chi connectivity index (χ1v) is 10.7. The normalized spacial score (nSPS) is 16.8. The molecule has 9 heteroatoms. The number of fused-ring (bicyclic) bond motifs is 2. The number of pyridine rings is 1. The van der Waals surface area contributed by atoms with Gasteiger partial charge in [0.2, 0.25) is 11.8 Å². The van der Waals surface area contributed by atoms with Crippen LogP contribution in [-0.2, 0) is 9.59 Å². The summed E-state index contributed by atoms with van der Waals surface area (Å²) >= 11 is 0. The SMILES string of the molecule is CC(C)C[C@@H](NC(=O)CC[C@H]1NC(=O)c2ccccc2NC1=O)c1nnc2ccccn12. The van der Waals surface area contributed by atoms with Crippen molar-refractivity contribution in [3.63, 3.8) is 0 Å². The van der Waals surface area contributed by atoms with Gasteiger partial charge in [0.25, 0.3) is 5.91 Å². The van der Waals surface area contributed by atoms with Crippen LogP contribution in [0.5, 0.6) is 0 Å². The van der Waals surface area contributed by atoms with Crippen molar-refractivity contribution in [2.75, 3.05) is 5.32 Å². The van der Waals surface area contributed by atoms with Gasteiger partial charge in [-0.1, -0.05) is 32.0 Å². The summed E-state index contributed by atoms with van der Waals surface area (Å²) < 4.78 is 1.86. The third-order valence-corrected chi connectivity index (χ3v) is 5.41. The number of nitrogens with one attached hydrogen (secondary N) is 3. The van der Waals surface area contributed by atoms with Crippen molar-refractivity contribution in [2.45, 2.75) is 45.2 Å². The number of para-hydroxylation sites is 1. The summed E-state index contributed by atoms with van der Waals surface area (Å²) in [6.45, 7) is 4.15. The molecule has 32 heavy (non-hydrogen) atoms. The minimum atomic E-state index is -0.793. The van der Waals surface area contributed by atoms with Gasteiger partial charge in [-0.15, -0.1) is 10.2 Å². The van der Waals surface area contributed by atoms with Gasteiger partial charge in [0.1, 0.15) is 6.04 Å². The lowest BCUT2D eigenvalue weighted by Crippen LogP contribution is -2.42. The molecule has 9 nitrogen and oxygen atoms in total. The third kappa shape index (κ3) is 4.61. The fourth-order valence-electron chi connectivity index (χ4n) is 3.85. The molecule has 3 aromatic rings. The Bertz CT molecular complexity index is 1160. The van der Waals surface area contributed by atoms with E-state index in [1.54, 1.807) is 24.3 Å². The Morgan fingerprint density at radius 2 is 1.91 bits per heavy atom. The molecular weight excluding hydrogens is 408 g/mol. The summed E-state index contributed by atoms with van der Waals surface area (Å²) in [6, 6.07) is 11.3. The van der Waals surface area contributed by atoms with Crippen LogP contribution in [0.25, 0.3) is 5.65 Å². The van der Waals surface area contributed by atoms with Gasteiger partial charge in [-0.2, -0.15) is 0 Å². The number of hydrogen-bond acceptors (Lipinski definition) is 5. The number of carbonyl (C=O) groups is 3. The molecule has 3 heterocycles. The fraction of sp³-hybridized carbons (Fsp3) is 0.348. The Hall–Kier alpha value is -3.75. The molecule has 1 aromatic carbocycles. The van der Waals surface area contributed by atoms with Crippen molar-refractivity contribution in [3.8, 4) is 0 Å².